The summed E-state index contributed by atoms with van der Waals surface area (Å²) in [5.41, 5.74) is 0.0675. The summed E-state index contributed by atoms with van der Waals surface area (Å²) in [4.78, 5) is 35.7. The summed E-state index contributed by atoms with van der Waals surface area (Å²) in [5, 5.41) is 0.186. The Bertz CT molecular complexity index is 1240. The van der Waals surface area contributed by atoms with E-state index < -0.39 is 0 Å². The molecule has 2 aliphatic rings. The summed E-state index contributed by atoms with van der Waals surface area (Å²) < 4.78 is 0. The molecule has 2 aromatic rings. The van der Waals surface area contributed by atoms with Gasteiger partial charge in [-0.2, -0.15) is 4.98 Å². The van der Waals surface area contributed by atoms with Crippen LogP contribution >= 0.6 is 34.8 Å². The maximum absolute atomic E-state index is 6.37. The van der Waals surface area contributed by atoms with Crippen LogP contribution in [-0.2, 0) is 6.42 Å². The van der Waals surface area contributed by atoms with Crippen LogP contribution in [0.15, 0.2) is 0 Å². The lowest BCUT2D eigenvalue weighted by atomic mass is 9.76. The minimum absolute atomic E-state index is 0.0190. The summed E-state index contributed by atoms with van der Waals surface area (Å²) in [6.45, 7) is 19.7. The minimum atomic E-state index is -0.0610. The standard InChI is InChI=1S/C29H46B2Cl2N10.CH3Cl/c1-26(2)13-18(14-27(3,4)40(26)9)42(12-11-20-34-21(30)36-23(32)35-20)17-43(25-38-22(31)37-24(33)39-25)19-15-28(5,6)41(10)29(7,8)16-19;1-2/h18-19H,11-17H2,1-10H3;1H3. The number of hydrogen-bond acceptors (Lipinski definition) is 10. The first-order valence-corrected chi connectivity index (χ1v) is 16.9. The zero-order valence-corrected chi connectivity index (χ0v) is 31.1. The largest absolute Gasteiger partial charge is 0.325 e. The molecule has 2 aliphatic heterocycles. The Balaban J connectivity index is 0.00000271. The molecule has 4 radical (unpaired) electrons. The van der Waals surface area contributed by atoms with Gasteiger partial charge in [0.2, 0.25) is 16.5 Å². The normalized spacial score (nSPS) is 21.8. The van der Waals surface area contributed by atoms with Gasteiger partial charge in [0.15, 0.2) is 15.7 Å². The molecular weight excluding hydrogens is 628 g/mol. The minimum Gasteiger partial charge on any atom is -0.325 e. The predicted molar refractivity (Wildman–Crippen MR) is 188 cm³/mol. The molecule has 10 nitrogen and oxygen atoms in total. The maximum Gasteiger partial charge on any atom is 0.230 e. The average Bonchev–Trinajstić information content (AvgIpc) is 2.89. The van der Waals surface area contributed by atoms with Crippen LogP contribution in [0.2, 0.25) is 10.6 Å². The number of hydrogen-bond donors (Lipinski definition) is 0. The highest BCUT2D eigenvalue weighted by molar-refractivity contribution is 6.32. The Hall–Kier alpha value is -1.30. The Morgan fingerprint density at radius 3 is 1.53 bits per heavy atom. The fraction of sp³-hybridized carbons (Fsp3) is 0.800. The molecule has 0 spiro atoms. The van der Waals surface area contributed by atoms with Crippen LogP contribution in [0.3, 0.4) is 0 Å². The van der Waals surface area contributed by atoms with Crippen LogP contribution in [0.5, 0.6) is 0 Å². The first-order chi connectivity index (χ1) is 20.7. The van der Waals surface area contributed by atoms with Crippen LogP contribution < -0.4 is 16.3 Å². The van der Waals surface area contributed by atoms with E-state index in [1.807, 2.05) is 0 Å². The van der Waals surface area contributed by atoms with Gasteiger partial charge >= 0.3 is 0 Å². The Kier molecular flexibility index (Phi) is 12.2. The van der Waals surface area contributed by atoms with Crippen LogP contribution in [0, 0.1) is 0 Å². The van der Waals surface area contributed by atoms with Crippen LogP contribution in [0.25, 0.3) is 0 Å². The van der Waals surface area contributed by atoms with Gasteiger partial charge in [0.1, 0.15) is 5.82 Å². The molecule has 0 saturated carbocycles. The molecule has 0 aromatic carbocycles. The Labute approximate surface area is 288 Å². The second-order valence-corrected chi connectivity index (χ2v) is 15.5. The molecule has 4 rings (SSSR count). The van der Waals surface area contributed by atoms with Crippen LogP contribution in [0.4, 0.5) is 5.95 Å². The van der Waals surface area contributed by atoms with Crippen molar-refractivity contribution < 1.29 is 0 Å². The predicted octanol–water partition coefficient (Wildman–Crippen LogP) is 3.42. The molecule has 0 aliphatic carbocycles. The van der Waals surface area contributed by atoms with Crippen molar-refractivity contribution in [1.82, 2.24) is 44.6 Å². The molecule has 2 saturated heterocycles. The van der Waals surface area contributed by atoms with E-state index >= 15 is 0 Å². The van der Waals surface area contributed by atoms with Gasteiger partial charge in [-0.1, -0.05) is 0 Å². The number of anilines is 1. The highest BCUT2D eigenvalue weighted by atomic mass is 35.5. The number of piperidine rings is 2. The van der Waals surface area contributed by atoms with Gasteiger partial charge in [-0.25, -0.2) is 24.9 Å². The lowest BCUT2D eigenvalue weighted by Crippen LogP contribution is -2.66. The van der Waals surface area contributed by atoms with Crippen LogP contribution in [0.1, 0.15) is 86.9 Å². The smallest absolute Gasteiger partial charge is 0.230 e. The second kappa shape index (κ2) is 14.4. The number of alkyl halides is 1. The van der Waals surface area contributed by atoms with Crippen molar-refractivity contribution in [3.05, 3.63) is 16.4 Å². The quantitative estimate of drug-likeness (QED) is 0.235. The van der Waals surface area contributed by atoms with Gasteiger partial charge in [-0.3, -0.25) is 14.7 Å². The molecular formula is C30H49B2Cl3N10. The molecule has 0 bridgehead atoms. The highest BCUT2D eigenvalue weighted by Crippen LogP contribution is 2.42. The van der Waals surface area contributed by atoms with Gasteiger partial charge < -0.3 is 4.90 Å². The van der Waals surface area contributed by atoms with Crippen molar-refractivity contribution >= 4 is 67.9 Å². The van der Waals surface area contributed by atoms with Gasteiger partial charge in [0, 0.05) is 53.6 Å². The zero-order chi connectivity index (χ0) is 34.1. The van der Waals surface area contributed by atoms with Gasteiger partial charge in [0.25, 0.3) is 0 Å². The first kappa shape index (κ1) is 38.2. The summed E-state index contributed by atoms with van der Waals surface area (Å²) in [5.74, 6) is 1.05. The number of nitrogens with zero attached hydrogens (tertiary/aromatic N) is 10. The summed E-state index contributed by atoms with van der Waals surface area (Å²) in [6.07, 6.45) is 5.80. The average molecular weight is 678 g/mol. The van der Waals surface area contributed by atoms with Crippen molar-refractivity contribution in [3.63, 3.8) is 0 Å². The van der Waals surface area contributed by atoms with Crippen molar-refractivity contribution in [3.8, 4) is 0 Å². The Morgan fingerprint density at radius 2 is 1.09 bits per heavy atom. The first-order valence-electron chi connectivity index (χ1n) is 15.4. The summed E-state index contributed by atoms with van der Waals surface area (Å²) in [6, 6.07) is 0.372. The topological polar surface area (TPSA) is 90.3 Å². The fourth-order valence-corrected chi connectivity index (χ4v) is 7.62. The molecule has 0 unspecified atom stereocenters. The SMILES string of the molecule is CCl.[B]c1nc(Cl)nc(CCN(CN(c2nc([B])nc(Cl)n2)C2CC(C)(C)N(C)C(C)(C)C2)C2CC(C)(C)N(C)C(C)(C)C2)n1. The van der Waals surface area contributed by atoms with E-state index in [1.54, 1.807) is 0 Å². The highest BCUT2D eigenvalue weighted by Gasteiger charge is 2.48. The Morgan fingerprint density at radius 1 is 0.667 bits per heavy atom. The van der Waals surface area contributed by atoms with Crippen molar-refractivity contribution in [1.29, 1.82) is 0 Å². The van der Waals surface area contributed by atoms with E-state index in [4.69, 9.17) is 38.9 Å². The van der Waals surface area contributed by atoms with Gasteiger partial charge in [0.05, 0.1) is 18.1 Å². The van der Waals surface area contributed by atoms with Crippen molar-refractivity contribution in [2.45, 2.75) is 122 Å². The number of aromatic nitrogens is 6. The van der Waals surface area contributed by atoms with Gasteiger partial charge in [-0.05, 0) is 118 Å². The van der Waals surface area contributed by atoms with Crippen LogP contribution in [-0.4, -0.2) is 128 Å². The molecule has 4 heterocycles. The van der Waals surface area contributed by atoms with Crippen molar-refractivity contribution in [2.24, 2.45) is 0 Å². The summed E-state index contributed by atoms with van der Waals surface area (Å²) in [7, 11) is 16.5. The number of likely N-dealkylation sites (tertiary alicyclic amines) is 2. The van der Waals surface area contributed by atoms with E-state index in [-0.39, 0.29) is 56.3 Å². The lowest BCUT2D eigenvalue weighted by molar-refractivity contribution is -0.0500. The third-order valence-electron chi connectivity index (χ3n) is 10.0. The molecule has 15 heteroatoms. The maximum atomic E-state index is 6.37. The molecule has 2 fully saturated rings. The van der Waals surface area contributed by atoms with E-state index in [9.17, 15) is 0 Å². The van der Waals surface area contributed by atoms with Gasteiger partial charge in [-0.15, -0.1) is 11.6 Å². The van der Waals surface area contributed by atoms with E-state index in [2.05, 4.69) is 131 Å². The molecule has 0 atom stereocenters. The van der Waals surface area contributed by atoms with E-state index in [1.165, 1.54) is 6.38 Å². The number of halogens is 3. The monoisotopic (exact) mass is 676 g/mol. The van der Waals surface area contributed by atoms with Crippen molar-refractivity contribution in [2.75, 3.05) is 38.6 Å². The zero-order valence-electron chi connectivity index (χ0n) is 28.9. The third-order valence-corrected chi connectivity index (χ3v) is 10.4. The molecule has 45 heavy (non-hydrogen) atoms. The van der Waals surface area contributed by atoms with E-state index in [0.29, 0.717) is 31.4 Å². The summed E-state index contributed by atoms with van der Waals surface area (Å²) >= 11 is 17.2. The lowest BCUT2D eigenvalue weighted by Gasteiger charge is -2.57. The molecule has 2 aromatic heterocycles. The molecule has 0 amide bonds. The second-order valence-electron chi connectivity index (χ2n) is 14.8. The number of rotatable bonds is 8. The fourth-order valence-electron chi connectivity index (χ4n) is 7.27. The molecule has 0 N–H and O–H groups in total. The third kappa shape index (κ3) is 9.20. The molecule has 246 valence electrons. The van der Waals surface area contributed by atoms with E-state index in [0.717, 1.165) is 25.7 Å².